The molecule has 0 spiro atoms. The number of amides is 1. The summed E-state index contributed by atoms with van der Waals surface area (Å²) in [4.78, 5) is 14.3. The van der Waals surface area contributed by atoms with Crippen LogP contribution in [0.15, 0.2) is 24.3 Å². The standard InChI is InChI=1S/C14H19N3OS/c1-17(8-10-5-6-10)9-13(18)16-12-4-2-3-11(7-12)14(15)19/h2-4,7,10H,5-6,8-9H2,1H3,(H2,15,19)(H,16,18). The largest absolute Gasteiger partial charge is 0.389 e. The number of likely N-dealkylation sites (N-methyl/N-ethyl adjacent to an activating group) is 1. The van der Waals surface area contributed by atoms with Gasteiger partial charge in [-0.25, -0.2) is 0 Å². The number of nitrogens with one attached hydrogen (secondary N) is 1. The van der Waals surface area contributed by atoms with Crippen molar-refractivity contribution in [3.05, 3.63) is 29.8 Å². The molecular weight excluding hydrogens is 258 g/mol. The number of hydrogen-bond acceptors (Lipinski definition) is 3. The van der Waals surface area contributed by atoms with Crippen LogP contribution in [0.1, 0.15) is 18.4 Å². The fourth-order valence-corrected chi connectivity index (χ4v) is 2.13. The first-order chi connectivity index (χ1) is 9.04. The summed E-state index contributed by atoms with van der Waals surface area (Å²) in [5.74, 6) is 0.777. The lowest BCUT2D eigenvalue weighted by Gasteiger charge is -2.15. The Hall–Kier alpha value is -1.46. The zero-order valence-electron chi connectivity index (χ0n) is 11.1. The second-order valence-electron chi connectivity index (χ2n) is 5.13. The first kappa shape index (κ1) is 14.0. The minimum absolute atomic E-state index is 0.0109. The maximum absolute atomic E-state index is 11.9. The van der Waals surface area contributed by atoms with Crippen LogP contribution in [-0.4, -0.2) is 35.9 Å². The molecule has 0 saturated heterocycles. The van der Waals surface area contributed by atoms with E-state index in [2.05, 4.69) is 10.2 Å². The number of nitrogens with zero attached hydrogens (tertiary/aromatic N) is 1. The van der Waals surface area contributed by atoms with Gasteiger partial charge in [-0.05, 0) is 37.9 Å². The molecular formula is C14H19N3OS. The Balaban J connectivity index is 1.86. The van der Waals surface area contributed by atoms with E-state index in [1.165, 1.54) is 12.8 Å². The average Bonchev–Trinajstić information content (AvgIpc) is 3.12. The van der Waals surface area contributed by atoms with Crippen LogP contribution in [0.2, 0.25) is 0 Å². The van der Waals surface area contributed by atoms with Crippen LogP contribution in [0, 0.1) is 5.92 Å². The number of carbonyl (C=O) groups excluding carboxylic acids is 1. The molecule has 1 amide bonds. The summed E-state index contributed by atoms with van der Waals surface area (Å²) < 4.78 is 0. The third kappa shape index (κ3) is 4.61. The lowest BCUT2D eigenvalue weighted by molar-refractivity contribution is -0.117. The van der Waals surface area contributed by atoms with Crippen LogP contribution >= 0.6 is 12.2 Å². The predicted molar refractivity (Wildman–Crippen MR) is 81.2 cm³/mol. The Bertz CT molecular complexity index is 485. The van der Waals surface area contributed by atoms with Crippen molar-refractivity contribution in [3.8, 4) is 0 Å². The summed E-state index contributed by atoms with van der Waals surface area (Å²) in [5.41, 5.74) is 7.06. The van der Waals surface area contributed by atoms with Gasteiger partial charge in [0.05, 0.1) is 6.54 Å². The highest BCUT2D eigenvalue weighted by molar-refractivity contribution is 7.80. The van der Waals surface area contributed by atoms with Gasteiger partial charge >= 0.3 is 0 Å². The molecule has 0 aromatic heterocycles. The monoisotopic (exact) mass is 277 g/mol. The van der Waals surface area contributed by atoms with E-state index in [0.29, 0.717) is 11.5 Å². The van der Waals surface area contributed by atoms with Crippen molar-refractivity contribution in [2.24, 2.45) is 11.7 Å². The molecule has 1 aromatic rings. The van der Waals surface area contributed by atoms with Crippen molar-refractivity contribution < 1.29 is 4.79 Å². The van der Waals surface area contributed by atoms with E-state index in [-0.39, 0.29) is 5.91 Å². The van der Waals surface area contributed by atoms with Crippen LogP contribution in [-0.2, 0) is 4.79 Å². The van der Waals surface area contributed by atoms with Crippen LogP contribution in [0.25, 0.3) is 0 Å². The van der Waals surface area contributed by atoms with Crippen molar-refractivity contribution in [1.29, 1.82) is 0 Å². The Morgan fingerprint density at radius 1 is 1.53 bits per heavy atom. The fraction of sp³-hybridized carbons (Fsp3) is 0.429. The number of carbonyl (C=O) groups is 1. The summed E-state index contributed by atoms with van der Waals surface area (Å²) in [6, 6.07) is 7.29. The molecule has 1 saturated carbocycles. The third-order valence-corrected chi connectivity index (χ3v) is 3.35. The van der Waals surface area contributed by atoms with Crippen LogP contribution < -0.4 is 11.1 Å². The molecule has 19 heavy (non-hydrogen) atoms. The topological polar surface area (TPSA) is 58.4 Å². The number of benzene rings is 1. The van der Waals surface area contributed by atoms with Gasteiger partial charge < -0.3 is 11.1 Å². The SMILES string of the molecule is CN(CC(=O)Nc1cccc(C(N)=S)c1)CC1CC1. The molecule has 3 N–H and O–H groups in total. The number of rotatable bonds is 6. The molecule has 1 aliphatic rings. The molecule has 0 unspecified atom stereocenters. The summed E-state index contributed by atoms with van der Waals surface area (Å²) in [6.45, 7) is 1.41. The van der Waals surface area contributed by atoms with Gasteiger partial charge in [-0.1, -0.05) is 24.4 Å². The summed E-state index contributed by atoms with van der Waals surface area (Å²) in [7, 11) is 1.98. The lowest BCUT2D eigenvalue weighted by atomic mass is 10.2. The first-order valence-corrected chi connectivity index (χ1v) is 6.83. The Kier molecular flexibility index (Phi) is 4.50. The molecule has 1 aliphatic carbocycles. The second kappa shape index (κ2) is 6.12. The predicted octanol–water partition coefficient (Wildman–Crippen LogP) is 1.60. The van der Waals surface area contributed by atoms with E-state index in [1.807, 2.05) is 25.2 Å². The van der Waals surface area contributed by atoms with Crippen LogP contribution in [0.4, 0.5) is 5.69 Å². The maximum Gasteiger partial charge on any atom is 0.238 e. The van der Waals surface area contributed by atoms with Gasteiger partial charge in [0, 0.05) is 17.8 Å². The second-order valence-corrected chi connectivity index (χ2v) is 5.57. The Labute approximate surface area is 119 Å². The first-order valence-electron chi connectivity index (χ1n) is 6.43. The minimum atomic E-state index is -0.0109. The van der Waals surface area contributed by atoms with Crippen molar-refractivity contribution in [3.63, 3.8) is 0 Å². The van der Waals surface area contributed by atoms with Gasteiger partial charge in [0.1, 0.15) is 4.99 Å². The zero-order chi connectivity index (χ0) is 13.8. The molecule has 1 fully saturated rings. The average molecular weight is 277 g/mol. The molecule has 2 rings (SSSR count). The zero-order valence-corrected chi connectivity index (χ0v) is 11.9. The van der Waals surface area contributed by atoms with Crippen molar-refractivity contribution in [1.82, 2.24) is 4.90 Å². The minimum Gasteiger partial charge on any atom is -0.389 e. The molecule has 0 bridgehead atoms. The fourth-order valence-electron chi connectivity index (χ4n) is 2.00. The van der Waals surface area contributed by atoms with Crippen molar-refractivity contribution >= 4 is 28.8 Å². The summed E-state index contributed by atoms with van der Waals surface area (Å²) in [6.07, 6.45) is 2.59. The number of thiocarbonyl (C=S) groups is 1. The molecule has 102 valence electrons. The smallest absolute Gasteiger partial charge is 0.238 e. The van der Waals surface area contributed by atoms with E-state index in [1.54, 1.807) is 6.07 Å². The van der Waals surface area contributed by atoms with E-state index in [0.717, 1.165) is 23.7 Å². The highest BCUT2D eigenvalue weighted by Crippen LogP contribution is 2.29. The van der Waals surface area contributed by atoms with Gasteiger partial charge in [0.15, 0.2) is 0 Å². The third-order valence-electron chi connectivity index (χ3n) is 3.11. The molecule has 5 heteroatoms. The van der Waals surface area contributed by atoms with Crippen molar-refractivity contribution in [2.75, 3.05) is 25.5 Å². The van der Waals surface area contributed by atoms with Gasteiger partial charge in [-0.3, -0.25) is 9.69 Å². The van der Waals surface area contributed by atoms with Crippen LogP contribution in [0.5, 0.6) is 0 Å². The molecule has 0 heterocycles. The normalized spacial score (nSPS) is 14.4. The molecule has 4 nitrogen and oxygen atoms in total. The van der Waals surface area contributed by atoms with E-state index < -0.39 is 0 Å². The summed E-state index contributed by atoms with van der Waals surface area (Å²) >= 11 is 4.92. The van der Waals surface area contributed by atoms with Gasteiger partial charge in [0.2, 0.25) is 5.91 Å². The van der Waals surface area contributed by atoms with Crippen LogP contribution in [0.3, 0.4) is 0 Å². The Morgan fingerprint density at radius 2 is 2.26 bits per heavy atom. The summed E-state index contributed by atoms with van der Waals surface area (Å²) in [5, 5.41) is 2.87. The highest BCUT2D eigenvalue weighted by Gasteiger charge is 2.23. The molecule has 1 aromatic carbocycles. The molecule has 0 aliphatic heterocycles. The van der Waals surface area contributed by atoms with Crippen molar-refractivity contribution in [2.45, 2.75) is 12.8 Å². The van der Waals surface area contributed by atoms with E-state index >= 15 is 0 Å². The highest BCUT2D eigenvalue weighted by atomic mass is 32.1. The maximum atomic E-state index is 11.9. The molecule has 0 radical (unpaired) electrons. The number of hydrogen-bond donors (Lipinski definition) is 2. The number of anilines is 1. The van der Waals surface area contributed by atoms with Gasteiger partial charge in [-0.2, -0.15) is 0 Å². The van der Waals surface area contributed by atoms with E-state index in [4.69, 9.17) is 18.0 Å². The van der Waals surface area contributed by atoms with Gasteiger partial charge in [0.25, 0.3) is 0 Å². The Morgan fingerprint density at radius 3 is 2.89 bits per heavy atom. The van der Waals surface area contributed by atoms with E-state index in [9.17, 15) is 4.79 Å². The van der Waals surface area contributed by atoms with Gasteiger partial charge in [-0.15, -0.1) is 0 Å². The lowest BCUT2D eigenvalue weighted by Crippen LogP contribution is -2.31. The molecule has 0 atom stereocenters. The quantitative estimate of drug-likeness (QED) is 0.776. The number of nitrogens with two attached hydrogens (primary N) is 1.